The van der Waals surface area contributed by atoms with Crippen LogP contribution in [-0.4, -0.2) is 4.98 Å². The molecular formula is C48H33N3O2. The lowest BCUT2D eigenvalue weighted by Crippen LogP contribution is -2.21. The number of anilines is 6. The fraction of sp³-hybridized carbons (Fsp3) is 0.104. The van der Waals surface area contributed by atoms with E-state index in [1.807, 2.05) is 48.7 Å². The van der Waals surface area contributed by atoms with Crippen LogP contribution in [0.25, 0.3) is 23.3 Å². The summed E-state index contributed by atoms with van der Waals surface area (Å²) in [4.78, 5) is 9.40. The number of pyridine rings is 1. The zero-order chi connectivity index (χ0) is 34.9. The highest BCUT2D eigenvalue weighted by Crippen LogP contribution is 2.59. The van der Waals surface area contributed by atoms with Crippen LogP contribution >= 0.6 is 0 Å². The largest absolute Gasteiger partial charge is 0.453 e. The lowest BCUT2D eigenvalue weighted by molar-refractivity contribution is 0.477. The third-order valence-corrected chi connectivity index (χ3v) is 11.3. The molecule has 7 aromatic rings. The summed E-state index contributed by atoms with van der Waals surface area (Å²) in [6.45, 7) is 0. The van der Waals surface area contributed by atoms with Gasteiger partial charge >= 0.3 is 0 Å². The Morgan fingerprint density at radius 3 is 1.91 bits per heavy atom. The zero-order valence-electron chi connectivity index (χ0n) is 28.9. The number of hydrogen-bond acceptors (Lipinski definition) is 5. The van der Waals surface area contributed by atoms with Gasteiger partial charge in [-0.25, -0.2) is 0 Å². The SMILES string of the molecule is c1ccc2c(c#1)Oc1ccccc1N2c1ccc(/C=C/c2ccc3c(c2)C2(CCCC2)c2cc(N4c5ccccc5Oc5ccccc54)ccc2-3)nc1. The molecule has 1 fully saturated rings. The second-order valence-corrected chi connectivity index (χ2v) is 14.2. The molecule has 0 amide bonds. The van der Waals surface area contributed by atoms with E-state index < -0.39 is 0 Å². The topological polar surface area (TPSA) is 37.8 Å². The number of fused-ring (bicyclic) bond motifs is 9. The Labute approximate surface area is 309 Å². The molecule has 0 atom stereocenters. The maximum atomic E-state index is 6.33. The van der Waals surface area contributed by atoms with Crippen LogP contribution in [0.1, 0.15) is 48.1 Å². The monoisotopic (exact) mass is 683 g/mol. The first kappa shape index (κ1) is 29.9. The molecule has 0 unspecified atom stereocenters. The van der Waals surface area contributed by atoms with Gasteiger partial charge in [-0.1, -0.05) is 85.6 Å². The summed E-state index contributed by atoms with van der Waals surface area (Å²) >= 11 is 0. The van der Waals surface area contributed by atoms with Gasteiger partial charge in [0.15, 0.2) is 17.2 Å². The van der Waals surface area contributed by atoms with Crippen molar-refractivity contribution < 1.29 is 9.47 Å². The Bertz CT molecular complexity index is 2510. The number of para-hydroxylation sites is 6. The van der Waals surface area contributed by atoms with E-state index in [0.29, 0.717) is 5.75 Å². The van der Waals surface area contributed by atoms with Crippen molar-refractivity contribution in [3.05, 3.63) is 174 Å². The third kappa shape index (κ3) is 4.62. The highest BCUT2D eigenvalue weighted by molar-refractivity contribution is 5.90. The number of benzene rings is 5. The molecule has 1 spiro atoms. The summed E-state index contributed by atoms with van der Waals surface area (Å²) in [5.74, 6) is 3.19. The molecule has 4 aliphatic rings. The van der Waals surface area contributed by atoms with E-state index >= 15 is 0 Å². The minimum Gasteiger partial charge on any atom is -0.453 e. The second-order valence-electron chi connectivity index (χ2n) is 14.2. The summed E-state index contributed by atoms with van der Waals surface area (Å²) in [6.07, 6.45) is 11.0. The predicted molar refractivity (Wildman–Crippen MR) is 211 cm³/mol. The van der Waals surface area contributed by atoms with Crippen LogP contribution in [0.4, 0.5) is 34.1 Å². The smallest absolute Gasteiger partial charge is 0.201 e. The number of nitrogens with zero attached hydrogens (tertiary/aromatic N) is 3. The molecule has 0 saturated heterocycles. The van der Waals surface area contributed by atoms with Crippen molar-refractivity contribution in [2.75, 3.05) is 9.80 Å². The fourth-order valence-corrected chi connectivity index (χ4v) is 8.92. The van der Waals surface area contributed by atoms with Crippen molar-refractivity contribution in [3.63, 3.8) is 0 Å². The normalized spacial score (nSPS) is 15.4. The van der Waals surface area contributed by atoms with Gasteiger partial charge in [-0.15, -0.1) is 0 Å². The number of ether oxygens (including phenoxy) is 2. The van der Waals surface area contributed by atoms with Gasteiger partial charge in [0.1, 0.15) is 0 Å². The Balaban J connectivity index is 0.921. The minimum absolute atomic E-state index is 0.00960. The summed E-state index contributed by atoms with van der Waals surface area (Å²) in [5.41, 5.74) is 13.9. The Kier molecular flexibility index (Phi) is 6.56. The van der Waals surface area contributed by atoms with Crippen molar-refractivity contribution in [1.29, 1.82) is 0 Å². The van der Waals surface area contributed by atoms with E-state index in [0.717, 1.165) is 64.2 Å². The van der Waals surface area contributed by atoms with Crippen LogP contribution in [0.5, 0.6) is 23.0 Å². The highest BCUT2D eigenvalue weighted by Gasteiger charge is 2.45. The first-order chi connectivity index (χ1) is 26.2. The van der Waals surface area contributed by atoms with Gasteiger partial charge in [-0.05, 0) is 126 Å². The molecule has 6 aromatic carbocycles. The Morgan fingerprint density at radius 1 is 0.585 bits per heavy atom. The van der Waals surface area contributed by atoms with Gasteiger partial charge in [0.05, 0.1) is 40.3 Å². The summed E-state index contributed by atoms with van der Waals surface area (Å²) < 4.78 is 12.5. The van der Waals surface area contributed by atoms with Crippen molar-refractivity contribution in [2.24, 2.45) is 0 Å². The summed E-state index contributed by atoms with van der Waals surface area (Å²) in [5, 5.41) is 0. The van der Waals surface area contributed by atoms with E-state index in [1.54, 1.807) is 0 Å². The molecule has 2 aliphatic carbocycles. The molecule has 252 valence electrons. The first-order valence-corrected chi connectivity index (χ1v) is 18.3. The predicted octanol–water partition coefficient (Wildman–Crippen LogP) is 12.8. The van der Waals surface area contributed by atoms with Gasteiger partial charge in [0.25, 0.3) is 0 Å². The molecule has 5 nitrogen and oxygen atoms in total. The summed E-state index contributed by atoms with van der Waals surface area (Å²) in [7, 11) is 0. The van der Waals surface area contributed by atoms with Gasteiger partial charge in [-0.2, -0.15) is 0 Å². The van der Waals surface area contributed by atoms with E-state index in [2.05, 4.69) is 125 Å². The molecule has 0 N–H and O–H groups in total. The van der Waals surface area contributed by atoms with Gasteiger partial charge < -0.3 is 19.3 Å². The van der Waals surface area contributed by atoms with Crippen LogP contribution < -0.4 is 19.3 Å². The quantitative estimate of drug-likeness (QED) is 0.185. The molecule has 1 saturated carbocycles. The van der Waals surface area contributed by atoms with E-state index in [1.165, 1.54) is 46.3 Å². The fourth-order valence-electron chi connectivity index (χ4n) is 8.92. The molecule has 2 aliphatic heterocycles. The average Bonchev–Trinajstić information content (AvgIpc) is 3.82. The van der Waals surface area contributed by atoms with Crippen LogP contribution in [-0.2, 0) is 5.41 Å². The van der Waals surface area contributed by atoms with Crippen molar-refractivity contribution in [3.8, 4) is 34.1 Å². The standard InChI is InChI=1S/C48H33N3O2/c1-5-15-44-40(11-1)50(41-12-2-6-16-45(41)52-44)34-24-26-37-36-25-20-32(29-38(36)48(39(37)30-34)27-9-10-28-48)19-21-33-22-23-35(31-49-33)51-42-13-3-7-17-46(42)53-47-18-8-4-14-43(47)51/h1-7,11-17,19-26,29-31H,9-10,27-28H2/b21-19+. The van der Waals surface area contributed by atoms with Gasteiger partial charge in [0, 0.05) is 11.1 Å². The highest BCUT2D eigenvalue weighted by atomic mass is 16.5. The lowest BCUT2D eigenvalue weighted by atomic mass is 9.76. The zero-order valence-corrected chi connectivity index (χ0v) is 28.9. The summed E-state index contributed by atoms with van der Waals surface area (Å²) in [6, 6.07) is 53.0. The molecular weight excluding hydrogens is 651 g/mol. The molecule has 3 heterocycles. The molecule has 1 aromatic heterocycles. The van der Waals surface area contributed by atoms with Gasteiger partial charge in [-0.3, -0.25) is 4.98 Å². The first-order valence-electron chi connectivity index (χ1n) is 18.3. The molecule has 5 heteroatoms. The molecule has 53 heavy (non-hydrogen) atoms. The van der Waals surface area contributed by atoms with Crippen LogP contribution in [0, 0.1) is 12.1 Å². The number of hydrogen-bond donors (Lipinski definition) is 0. The number of rotatable bonds is 4. The van der Waals surface area contributed by atoms with Crippen LogP contribution in [0.3, 0.4) is 0 Å². The maximum absolute atomic E-state index is 6.33. The second kappa shape index (κ2) is 11.6. The third-order valence-electron chi connectivity index (χ3n) is 11.3. The Morgan fingerprint density at radius 2 is 1.21 bits per heavy atom. The minimum atomic E-state index is 0.00960. The molecule has 0 radical (unpaired) electrons. The molecule has 11 rings (SSSR count). The van der Waals surface area contributed by atoms with Crippen LogP contribution in [0.15, 0.2) is 140 Å². The number of aromatic nitrogens is 1. The van der Waals surface area contributed by atoms with Crippen molar-refractivity contribution in [2.45, 2.75) is 31.1 Å². The van der Waals surface area contributed by atoms with E-state index in [4.69, 9.17) is 14.5 Å². The lowest BCUT2D eigenvalue weighted by Gasteiger charge is -2.34. The Hall–Kier alpha value is -6.77. The van der Waals surface area contributed by atoms with Crippen molar-refractivity contribution in [1.82, 2.24) is 4.98 Å². The average molecular weight is 684 g/mol. The van der Waals surface area contributed by atoms with Crippen LogP contribution in [0.2, 0.25) is 0 Å². The molecule has 0 bridgehead atoms. The van der Waals surface area contributed by atoms with Crippen molar-refractivity contribution >= 4 is 46.3 Å². The van der Waals surface area contributed by atoms with E-state index in [-0.39, 0.29) is 5.41 Å². The van der Waals surface area contributed by atoms with Gasteiger partial charge in [0.2, 0.25) is 5.75 Å². The van der Waals surface area contributed by atoms with E-state index in [9.17, 15) is 0 Å². The maximum Gasteiger partial charge on any atom is 0.201 e.